The minimum Gasteiger partial charge on any atom is -0.494 e. The van der Waals surface area contributed by atoms with Crippen LogP contribution in [0.1, 0.15) is 29.8 Å². The fourth-order valence-electron chi connectivity index (χ4n) is 2.58. The molecule has 2 aromatic carbocycles. The van der Waals surface area contributed by atoms with Gasteiger partial charge in [-0.25, -0.2) is 13.2 Å². The lowest BCUT2D eigenvalue weighted by Gasteiger charge is -2.16. The molecule has 0 saturated heterocycles. The Hall–Kier alpha value is -2.91. The van der Waals surface area contributed by atoms with Gasteiger partial charge in [-0.1, -0.05) is 12.1 Å². The fourth-order valence-corrected chi connectivity index (χ4v) is 3.87. The van der Waals surface area contributed by atoms with E-state index in [0.29, 0.717) is 17.9 Å². The Bertz CT molecular complexity index is 1000. The van der Waals surface area contributed by atoms with Crippen molar-refractivity contribution >= 4 is 27.6 Å². The van der Waals surface area contributed by atoms with E-state index < -0.39 is 27.9 Å². The van der Waals surface area contributed by atoms with Gasteiger partial charge in [-0.15, -0.1) is 0 Å². The van der Waals surface area contributed by atoms with E-state index in [9.17, 15) is 18.0 Å². The van der Waals surface area contributed by atoms with Crippen LogP contribution in [0.4, 0.5) is 5.69 Å². The normalized spacial score (nSPS) is 12.1. The maximum absolute atomic E-state index is 12.6. The van der Waals surface area contributed by atoms with Crippen LogP contribution in [-0.4, -0.2) is 40.1 Å². The van der Waals surface area contributed by atoms with Crippen LogP contribution < -0.4 is 14.8 Å². The van der Waals surface area contributed by atoms with Crippen LogP contribution in [0.25, 0.3) is 0 Å². The zero-order valence-corrected chi connectivity index (χ0v) is 17.5. The number of carbonyl (C=O) groups is 2. The number of ether oxygens (including phenoxy) is 2. The zero-order valence-electron chi connectivity index (χ0n) is 16.7. The van der Waals surface area contributed by atoms with Gasteiger partial charge in [-0.05, 0) is 56.7 Å². The number of methoxy groups -OCH3 is 1. The fraction of sp³-hybridized carbons (Fsp3) is 0.300. The molecular formula is C20H24N2O6S. The summed E-state index contributed by atoms with van der Waals surface area (Å²) in [6.45, 7) is 5.46. The summed E-state index contributed by atoms with van der Waals surface area (Å²) in [5.74, 6) is -0.636. The van der Waals surface area contributed by atoms with Gasteiger partial charge in [0.1, 0.15) is 5.75 Å². The number of esters is 1. The largest absolute Gasteiger partial charge is 0.494 e. The van der Waals surface area contributed by atoms with Gasteiger partial charge in [0, 0.05) is 0 Å². The predicted octanol–water partition coefficient (Wildman–Crippen LogP) is 2.49. The Kier molecular flexibility index (Phi) is 7.35. The van der Waals surface area contributed by atoms with Crippen LogP contribution in [-0.2, 0) is 19.6 Å². The summed E-state index contributed by atoms with van der Waals surface area (Å²) in [6.07, 6.45) is 0. The van der Waals surface area contributed by atoms with Crippen molar-refractivity contribution in [2.75, 3.05) is 19.0 Å². The van der Waals surface area contributed by atoms with Crippen LogP contribution in [0.2, 0.25) is 0 Å². The molecule has 0 spiro atoms. The third-order valence-corrected chi connectivity index (χ3v) is 5.61. The molecule has 0 unspecified atom stereocenters. The molecule has 0 fully saturated rings. The van der Waals surface area contributed by atoms with Gasteiger partial charge >= 0.3 is 5.97 Å². The number of nitrogens with one attached hydrogen (secondary N) is 2. The van der Waals surface area contributed by atoms with E-state index >= 15 is 0 Å². The molecule has 9 heteroatoms. The maximum Gasteiger partial charge on any atom is 0.339 e. The Morgan fingerprint density at radius 3 is 2.45 bits per heavy atom. The summed E-state index contributed by atoms with van der Waals surface area (Å²) in [4.78, 5) is 24.3. The van der Waals surface area contributed by atoms with Crippen molar-refractivity contribution in [1.82, 2.24) is 4.72 Å². The molecule has 0 heterocycles. The number of hydrogen-bond donors (Lipinski definition) is 2. The van der Waals surface area contributed by atoms with Gasteiger partial charge in [0.15, 0.2) is 0 Å². The predicted molar refractivity (Wildman–Crippen MR) is 109 cm³/mol. The first-order valence-electron chi connectivity index (χ1n) is 8.93. The van der Waals surface area contributed by atoms with Crippen molar-refractivity contribution in [3.63, 3.8) is 0 Å². The highest BCUT2D eigenvalue weighted by Crippen LogP contribution is 2.22. The molecule has 0 aliphatic rings. The summed E-state index contributed by atoms with van der Waals surface area (Å²) in [5.41, 5.74) is 1.06. The van der Waals surface area contributed by atoms with Gasteiger partial charge in [-0.2, -0.15) is 4.72 Å². The monoisotopic (exact) mass is 420 g/mol. The van der Waals surface area contributed by atoms with Crippen molar-refractivity contribution in [2.45, 2.75) is 31.7 Å². The SMILES string of the molecule is CCOc1ccc(S(=O)(=O)N[C@H](C)C(=O)Nc2ccccc2C(=O)OC)cc1C. The highest BCUT2D eigenvalue weighted by atomic mass is 32.2. The van der Waals surface area contributed by atoms with E-state index in [2.05, 4.69) is 14.8 Å². The molecule has 0 radical (unpaired) electrons. The number of aryl methyl sites for hydroxylation is 1. The number of hydrogen-bond acceptors (Lipinski definition) is 6. The molecule has 0 aliphatic carbocycles. The van der Waals surface area contributed by atoms with E-state index in [1.54, 1.807) is 25.1 Å². The lowest BCUT2D eigenvalue weighted by Crippen LogP contribution is -2.41. The van der Waals surface area contributed by atoms with Crippen LogP contribution in [0.15, 0.2) is 47.4 Å². The van der Waals surface area contributed by atoms with Gasteiger partial charge in [-0.3, -0.25) is 4.79 Å². The van der Waals surface area contributed by atoms with Crippen LogP contribution in [0.3, 0.4) is 0 Å². The Labute approximate surface area is 170 Å². The second-order valence-corrected chi connectivity index (χ2v) is 7.94. The molecule has 29 heavy (non-hydrogen) atoms. The summed E-state index contributed by atoms with van der Waals surface area (Å²) < 4.78 is 37.7. The quantitative estimate of drug-likeness (QED) is 0.635. The molecule has 2 rings (SSSR count). The molecule has 2 aromatic rings. The van der Waals surface area contributed by atoms with Crippen molar-refractivity contribution in [3.05, 3.63) is 53.6 Å². The summed E-state index contributed by atoms with van der Waals surface area (Å²) in [6, 6.07) is 9.67. The Balaban J connectivity index is 2.15. The highest BCUT2D eigenvalue weighted by Gasteiger charge is 2.24. The van der Waals surface area contributed by atoms with Crippen molar-refractivity contribution in [2.24, 2.45) is 0 Å². The molecular weight excluding hydrogens is 396 g/mol. The first kappa shape index (κ1) is 22.4. The molecule has 0 saturated carbocycles. The van der Waals surface area contributed by atoms with Crippen molar-refractivity contribution < 1.29 is 27.5 Å². The van der Waals surface area contributed by atoms with Crippen molar-refractivity contribution in [1.29, 1.82) is 0 Å². The third kappa shape index (κ3) is 5.55. The van der Waals surface area contributed by atoms with E-state index in [4.69, 9.17) is 4.74 Å². The van der Waals surface area contributed by atoms with Crippen LogP contribution >= 0.6 is 0 Å². The number of para-hydroxylation sites is 1. The number of anilines is 1. The summed E-state index contributed by atoms with van der Waals surface area (Å²) in [7, 11) is -2.71. The molecule has 0 aromatic heterocycles. The molecule has 0 bridgehead atoms. The summed E-state index contributed by atoms with van der Waals surface area (Å²) >= 11 is 0. The number of sulfonamides is 1. The first-order chi connectivity index (χ1) is 13.7. The standard InChI is InChI=1S/C20H24N2O6S/c1-5-28-18-11-10-15(12-13(18)2)29(25,26)22-14(3)19(23)21-17-9-7-6-8-16(17)20(24)27-4/h6-12,14,22H,5H2,1-4H3,(H,21,23)/t14-/m1/s1. The smallest absolute Gasteiger partial charge is 0.339 e. The molecule has 1 amide bonds. The minimum absolute atomic E-state index is 0.0214. The molecule has 0 aliphatic heterocycles. The first-order valence-corrected chi connectivity index (χ1v) is 10.4. The van der Waals surface area contributed by atoms with E-state index in [1.165, 1.54) is 38.3 Å². The lowest BCUT2D eigenvalue weighted by molar-refractivity contribution is -0.117. The van der Waals surface area contributed by atoms with Gasteiger partial charge in [0.05, 0.1) is 35.9 Å². The van der Waals surface area contributed by atoms with Gasteiger partial charge < -0.3 is 14.8 Å². The highest BCUT2D eigenvalue weighted by molar-refractivity contribution is 7.89. The second kappa shape index (κ2) is 9.53. The summed E-state index contributed by atoms with van der Waals surface area (Å²) in [5, 5.41) is 2.55. The van der Waals surface area contributed by atoms with E-state index in [0.717, 1.165) is 0 Å². The lowest BCUT2D eigenvalue weighted by atomic mass is 10.1. The van der Waals surface area contributed by atoms with Crippen molar-refractivity contribution in [3.8, 4) is 5.75 Å². The van der Waals surface area contributed by atoms with E-state index in [1.807, 2.05) is 6.92 Å². The third-order valence-electron chi connectivity index (χ3n) is 4.07. The van der Waals surface area contributed by atoms with Gasteiger partial charge in [0.25, 0.3) is 0 Å². The Morgan fingerprint density at radius 1 is 1.14 bits per heavy atom. The number of rotatable bonds is 8. The maximum atomic E-state index is 12.6. The second-order valence-electron chi connectivity index (χ2n) is 6.23. The average Bonchev–Trinajstić information content (AvgIpc) is 2.69. The van der Waals surface area contributed by atoms with E-state index in [-0.39, 0.29) is 16.1 Å². The number of benzene rings is 2. The minimum atomic E-state index is -3.94. The average molecular weight is 420 g/mol. The topological polar surface area (TPSA) is 111 Å². The van der Waals surface area contributed by atoms with Gasteiger partial charge in [0.2, 0.25) is 15.9 Å². The van der Waals surface area contributed by atoms with Crippen LogP contribution in [0, 0.1) is 6.92 Å². The Morgan fingerprint density at radius 2 is 1.83 bits per heavy atom. The molecule has 1 atom stereocenters. The molecule has 2 N–H and O–H groups in total. The molecule has 156 valence electrons. The molecule has 8 nitrogen and oxygen atoms in total. The van der Waals surface area contributed by atoms with Crippen LogP contribution in [0.5, 0.6) is 5.75 Å². The number of carbonyl (C=O) groups excluding carboxylic acids is 2. The number of amides is 1. The zero-order chi connectivity index (χ0) is 21.6.